The fraction of sp³-hybridized carbons (Fsp3) is 0.526. The van der Waals surface area contributed by atoms with E-state index in [4.69, 9.17) is 9.47 Å². The molecule has 9 heteroatoms. The number of rotatable bonds is 15. The van der Waals surface area contributed by atoms with Gasteiger partial charge in [-0.15, -0.1) is 0 Å². The Morgan fingerprint density at radius 2 is 1.77 bits per heavy atom. The molecule has 1 aromatic rings. The number of Topliss-reactive ketones (excluding diaryl/α,β-unsaturated/α-hetero) is 1. The van der Waals surface area contributed by atoms with Crippen LogP contribution in [-0.4, -0.2) is 78.5 Å². The number of nitrogens with one attached hydrogen (secondary N) is 1. The number of fused-ring (bicyclic) bond motifs is 1. The molecule has 0 fully saturated rings. The first-order valence-electron chi connectivity index (χ1n) is 16.6. The molecule has 2 aliphatic carbocycles. The highest BCUT2D eigenvalue weighted by Crippen LogP contribution is 2.43. The Morgan fingerprint density at radius 1 is 1.04 bits per heavy atom. The number of aryl methyl sites for hydroxylation is 1. The lowest BCUT2D eigenvalue weighted by Gasteiger charge is -2.27. The molecule has 0 bridgehead atoms. The number of hydrogen-bond acceptors (Lipinski definition) is 7. The van der Waals surface area contributed by atoms with Gasteiger partial charge in [-0.3, -0.25) is 14.4 Å². The van der Waals surface area contributed by atoms with Gasteiger partial charge in [-0.25, -0.2) is 4.79 Å². The third-order valence-electron chi connectivity index (χ3n) is 8.57. The number of ether oxygens (including phenoxy) is 2. The third-order valence-corrected chi connectivity index (χ3v) is 8.57. The Bertz CT molecular complexity index is 1460. The second-order valence-corrected chi connectivity index (χ2v) is 14.6. The Kier molecular flexibility index (Phi) is 11.5. The lowest BCUT2D eigenvalue weighted by molar-refractivity contribution is -0.163. The smallest absolute Gasteiger partial charge is 0.407 e. The van der Waals surface area contributed by atoms with Crippen molar-refractivity contribution >= 4 is 23.8 Å². The van der Waals surface area contributed by atoms with E-state index < -0.39 is 29.2 Å². The van der Waals surface area contributed by atoms with Crippen LogP contribution in [0.4, 0.5) is 4.79 Å². The number of benzene rings is 1. The van der Waals surface area contributed by atoms with Crippen LogP contribution in [0.2, 0.25) is 0 Å². The monoisotopic (exact) mass is 645 g/mol. The van der Waals surface area contributed by atoms with E-state index in [1.165, 1.54) is 5.57 Å². The van der Waals surface area contributed by atoms with Crippen LogP contribution < -0.4 is 5.32 Å². The quantitative estimate of drug-likeness (QED) is 0.231. The van der Waals surface area contributed by atoms with Crippen molar-refractivity contribution in [3.05, 3.63) is 82.6 Å². The van der Waals surface area contributed by atoms with Crippen LogP contribution in [0.3, 0.4) is 0 Å². The molecule has 0 spiro atoms. The Balaban J connectivity index is 1.42. The third kappa shape index (κ3) is 10.4. The molecule has 254 valence electrons. The number of amides is 2. The van der Waals surface area contributed by atoms with Crippen LogP contribution in [0.1, 0.15) is 78.7 Å². The van der Waals surface area contributed by atoms with E-state index in [0.29, 0.717) is 25.8 Å². The molecule has 4 rings (SSSR count). The van der Waals surface area contributed by atoms with Crippen molar-refractivity contribution in [2.24, 2.45) is 5.41 Å². The minimum absolute atomic E-state index is 0.00746. The molecule has 1 aromatic carbocycles. The topological polar surface area (TPSA) is 105 Å². The number of carbonyl (C=O) groups excluding carboxylic acids is 4. The molecule has 2 atom stereocenters. The summed E-state index contributed by atoms with van der Waals surface area (Å²) < 4.78 is 11.2. The van der Waals surface area contributed by atoms with E-state index in [1.807, 2.05) is 30.3 Å². The van der Waals surface area contributed by atoms with Crippen molar-refractivity contribution in [2.75, 3.05) is 27.2 Å². The van der Waals surface area contributed by atoms with Gasteiger partial charge in [0.2, 0.25) is 5.91 Å². The van der Waals surface area contributed by atoms with Gasteiger partial charge in [-0.05, 0) is 94.6 Å². The van der Waals surface area contributed by atoms with E-state index in [9.17, 15) is 19.2 Å². The molecule has 3 aliphatic rings. The van der Waals surface area contributed by atoms with Gasteiger partial charge < -0.3 is 24.6 Å². The Morgan fingerprint density at radius 3 is 2.45 bits per heavy atom. The van der Waals surface area contributed by atoms with Crippen molar-refractivity contribution in [3.8, 4) is 0 Å². The van der Waals surface area contributed by atoms with Gasteiger partial charge in [0.25, 0.3) is 0 Å². The summed E-state index contributed by atoms with van der Waals surface area (Å²) in [6, 6.07) is 10.2. The summed E-state index contributed by atoms with van der Waals surface area (Å²) in [6.45, 7) is 9.40. The molecule has 1 heterocycles. The molecule has 1 aliphatic heterocycles. The van der Waals surface area contributed by atoms with E-state index in [1.54, 1.807) is 53.6 Å². The van der Waals surface area contributed by atoms with Crippen LogP contribution in [0.5, 0.6) is 0 Å². The number of allylic oxidation sites excluding steroid dienone is 2. The lowest BCUT2D eigenvalue weighted by atomic mass is 9.93. The first-order valence-corrected chi connectivity index (χ1v) is 16.6. The summed E-state index contributed by atoms with van der Waals surface area (Å²) in [6.07, 6.45) is 11.1. The number of nitrogens with zero attached hydrogens (tertiary/aromatic N) is 2. The maximum absolute atomic E-state index is 13.8. The van der Waals surface area contributed by atoms with Crippen LogP contribution >= 0.6 is 0 Å². The van der Waals surface area contributed by atoms with Crippen LogP contribution in [-0.2, 0) is 30.3 Å². The predicted octanol–water partition coefficient (Wildman–Crippen LogP) is 6.06. The van der Waals surface area contributed by atoms with Crippen molar-refractivity contribution in [3.63, 3.8) is 0 Å². The molecule has 0 saturated carbocycles. The summed E-state index contributed by atoms with van der Waals surface area (Å²) in [5.74, 6) is -0.609. The number of carbonyl (C=O) groups is 4. The second-order valence-electron chi connectivity index (χ2n) is 14.6. The first-order chi connectivity index (χ1) is 22.1. The zero-order chi connectivity index (χ0) is 34.4. The lowest BCUT2D eigenvalue weighted by Crippen LogP contribution is -2.43. The Hall–Kier alpha value is -4.14. The minimum Gasteiger partial charge on any atom is -0.454 e. The zero-order valence-corrected chi connectivity index (χ0v) is 29.1. The molecular formula is C38H51N3O6. The van der Waals surface area contributed by atoms with Gasteiger partial charge in [0.1, 0.15) is 5.60 Å². The number of esters is 1. The molecule has 47 heavy (non-hydrogen) atoms. The largest absolute Gasteiger partial charge is 0.454 e. The van der Waals surface area contributed by atoms with E-state index in [0.717, 1.165) is 41.5 Å². The molecule has 2 unspecified atom stereocenters. The van der Waals surface area contributed by atoms with E-state index in [2.05, 4.69) is 34.6 Å². The molecule has 1 N–H and O–H groups in total. The first kappa shape index (κ1) is 35.7. The standard InChI is InChI=1S/C38H51N3O6/c1-37(2,3)47-36(45)39-25-38(4,5)35(44)46-33(19-13-16-26-14-9-8-10-15-26)32(42)20-29-24-41(31-22-30(29)31)23-28-18-12-11-17-27(28)21-34(43)40(6)7/h8-11,14-15,17,22,24,31,33H,12-13,16,18-21,23,25H2,1-7H3,(H,39,45). The highest BCUT2D eigenvalue weighted by atomic mass is 16.6. The maximum Gasteiger partial charge on any atom is 0.407 e. The summed E-state index contributed by atoms with van der Waals surface area (Å²) in [7, 11) is 3.55. The van der Waals surface area contributed by atoms with Gasteiger partial charge in [-0.2, -0.15) is 0 Å². The van der Waals surface area contributed by atoms with Crippen molar-refractivity contribution in [1.82, 2.24) is 15.1 Å². The van der Waals surface area contributed by atoms with Crippen LogP contribution in [0.25, 0.3) is 0 Å². The van der Waals surface area contributed by atoms with E-state index >= 15 is 0 Å². The highest BCUT2D eigenvalue weighted by Gasteiger charge is 2.41. The van der Waals surface area contributed by atoms with Crippen LogP contribution in [0.15, 0.2) is 77.1 Å². The summed E-state index contributed by atoms with van der Waals surface area (Å²) in [4.78, 5) is 55.7. The highest BCUT2D eigenvalue weighted by molar-refractivity contribution is 5.90. The number of alkyl carbamates (subject to hydrolysis) is 1. The zero-order valence-electron chi connectivity index (χ0n) is 29.1. The molecule has 0 radical (unpaired) electrons. The number of ketones is 1. The summed E-state index contributed by atoms with van der Waals surface area (Å²) in [5.41, 5.74) is 3.84. The normalized spacial score (nSPS) is 17.8. The summed E-state index contributed by atoms with van der Waals surface area (Å²) in [5, 5.41) is 2.66. The van der Waals surface area contributed by atoms with Crippen molar-refractivity contribution < 1.29 is 28.7 Å². The summed E-state index contributed by atoms with van der Waals surface area (Å²) >= 11 is 0. The molecule has 0 aromatic heterocycles. The van der Waals surface area contributed by atoms with Gasteiger partial charge >= 0.3 is 12.1 Å². The van der Waals surface area contributed by atoms with E-state index in [-0.39, 0.29) is 30.7 Å². The minimum atomic E-state index is -1.07. The Labute approximate surface area is 279 Å². The fourth-order valence-electron chi connectivity index (χ4n) is 5.70. The van der Waals surface area contributed by atoms with Crippen molar-refractivity contribution in [2.45, 2.75) is 97.3 Å². The molecule has 9 nitrogen and oxygen atoms in total. The fourth-order valence-corrected chi connectivity index (χ4v) is 5.70. The maximum atomic E-state index is 13.8. The SMILES string of the molecule is CN(C)C(=O)CC1=C(CN2C=C(CC(=O)C(CCCc3ccccc3)OC(=O)C(C)(C)CNC(=O)OC(C)(C)C)C3=CC32)CCC=C1. The van der Waals surface area contributed by atoms with Crippen molar-refractivity contribution in [1.29, 1.82) is 0 Å². The predicted molar refractivity (Wildman–Crippen MR) is 182 cm³/mol. The van der Waals surface area contributed by atoms with Gasteiger partial charge in [0, 0.05) is 39.8 Å². The van der Waals surface area contributed by atoms with Gasteiger partial charge in [0.05, 0.1) is 17.9 Å². The van der Waals surface area contributed by atoms with Gasteiger partial charge in [-0.1, -0.05) is 48.6 Å². The average Bonchev–Trinajstić information content (AvgIpc) is 3.74. The molecule has 0 saturated heterocycles. The molecular weight excluding hydrogens is 594 g/mol. The van der Waals surface area contributed by atoms with Gasteiger partial charge in [0.15, 0.2) is 11.9 Å². The molecule has 2 amide bonds. The average molecular weight is 646 g/mol. The van der Waals surface area contributed by atoms with Crippen LogP contribution in [0, 0.1) is 5.41 Å². The second kappa shape index (κ2) is 15.2. The number of hydrogen-bond donors (Lipinski definition) is 1.